The molecule has 0 spiro atoms. The van der Waals surface area contributed by atoms with Crippen molar-refractivity contribution in [3.8, 4) is 0 Å². The minimum Gasteiger partial charge on any atom is -0.463 e. The van der Waals surface area contributed by atoms with Gasteiger partial charge < -0.3 is 15.4 Å². The average molecular weight is 406 g/mol. The van der Waals surface area contributed by atoms with E-state index in [1.54, 1.807) is 19.1 Å². The molecule has 6 nitrogen and oxygen atoms in total. The summed E-state index contributed by atoms with van der Waals surface area (Å²) in [6.07, 6.45) is 6.00. The molecule has 2 aliphatic rings. The summed E-state index contributed by atoms with van der Waals surface area (Å²) in [5.74, 6) is -0.406. The summed E-state index contributed by atoms with van der Waals surface area (Å²) in [6, 6.07) is 6.29. The maximum absolute atomic E-state index is 12.8. The summed E-state index contributed by atoms with van der Waals surface area (Å²) < 4.78 is 5.32. The molecule has 28 heavy (non-hydrogen) atoms. The van der Waals surface area contributed by atoms with Gasteiger partial charge in [-0.15, -0.1) is 0 Å². The van der Waals surface area contributed by atoms with E-state index in [1.807, 2.05) is 12.1 Å². The predicted molar refractivity (Wildman–Crippen MR) is 109 cm³/mol. The van der Waals surface area contributed by atoms with Crippen LogP contribution >= 0.6 is 11.6 Å². The van der Waals surface area contributed by atoms with E-state index in [-0.39, 0.29) is 12.6 Å². The molecule has 2 N–H and O–H groups in total. The van der Waals surface area contributed by atoms with Crippen LogP contribution in [0, 0.1) is 0 Å². The number of hydrogen-bond acceptors (Lipinski definition) is 4. The zero-order chi connectivity index (χ0) is 19.9. The Hall–Kier alpha value is -2.05. The minimum absolute atomic E-state index is 0.278. The van der Waals surface area contributed by atoms with Gasteiger partial charge in [-0.2, -0.15) is 0 Å². The molecular weight excluding hydrogens is 378 g/mol. The first-order valence-corrected chi connectivity index (χ1v) is 10.4. The quantitative estimate of drug-likeness (QED) is 0.731. The van der Waals surface area contributed by atoms with Gasteiger partial charge in [-0.05, 0) is 50.6 Å². The number of ether oxygens (including phenoxy) is 1. The zero-order valence-electron chi connectivity index (χ0n) is 16.3. The second kappa shape index (κ2) is 9.94. The van der Waals surface area contributed by atoms with Crippen molar-refractivity contribution in [3.05, 3.63) is 46.1 Å². The lowest BCUT2D eigenvalue weighted by Gasteiger charge is -2.32. The smallest absolute Gasteiger partial charge is 0.338 e. The van der Waals surface area contributed by atoms with E-state index in [0.29, 0.717) is 22.8 Å². The normalized spacial score (nSPS) is 21.4. The summed E-state index contributed by atoms with van der Waals surface area (Å²) in [4.78, 5) is 27.5. The number of carbonyl (C=O) groups is 2. The lowest BCUT2D eigenvalue weighted by atomic mass is 9.95. The number of carbonyl (C=O) groups excluding carboxylic acids is 2. The van der Waals surface area contributed by atoms with Crippen LogP contribution in [0.25, 0.3) is 0 Å². The minimum atomic E-state index is -0.560. The third-order valence-electron chi connectivity index (χ3n) is 5.18. The maximum atomic E-state index is 12.8. The van der Waals surface area contributed by atoms with E-state index in [1.165, 1.54) is 19.3 Å². The van der Waals surface area contributed by atoms with E-state index in [4.69, 9.17) is 16.3 Å². The molecule has 1 atom stereocenters. The SMILES string of the molecule is CCOC(=O)C1=C(CN2CCCCCCC2)NC(=O)N[C@@H]1c1ccc(Cl)cc1. The van der Waals surface area contributed by atoms with Gasteiger partial charge in [-0.3, -0.25) is 4.90 Å². The molecule has 2 amide bonds. The van der Waals surface area contributed by atoms with Crippen molar-refractivity contribution >= 4 is 23.6 Å². The van der Waals surface area contributed by atoms with E-state index >= 15 is 0 Å². The third kappa shape index (κ3) is 5.26. The Morgan fingerprint density at radius 2 is 1.79 bits per heavy atom. The van der Waals surface area contributed by atoms with Gasteiger partial charge in [-0.25, -0.2) is 9.59 Å². The lowest BCUT2D eigenvalue weighted by Crippen LogP contribution is -2.48. The van der Waals surface area contributed by atoms with Crippen LogP contribution in [0.2, 0.25) is 5.02 Å². The van der Waals surface area contributed by atoms with Gasteiger partial charge >= 0.3 is 12.0 Å². The number of likely N-dealkylation sites (tertiary alicyclic amines) is 1. The van der Waals surface area contributed by atoms with Crippen LogP contribution in [0.4, 0.5) is 4.79 Å². The Kier molecular flexibility index (Phi) is 7.34. The Bertz CT molecular complexity index is 725. The number of rotatable bonds is 5. The van der Waals surface area contributed by atoms with E-state index < -0.39 is 12.0 Å². The first-order chi connectivity index (χ1) is 13.6. The van der Waals surface area contributed by atoms with Crippen LogP contribution in [0.1, 0.15) is 50.6 Å². The van der Waals surface area contributed by atoms with Crippen molar-refractivity contribution in [1.29, 1.82) is 0 Å². The monoisotopic (exact) mass is 405 g/mol. The summed E-state index contributed by atoms with van der Waals surface area (Å²) in [6.45, 7) is 4.53. The molecular formula is C21H28ClN3O3. The molecule has 1 aromatic rings. The largest absolute Gasteiger partial charge is 0.463 e. The second-order valence-electron chi connectivity index (χ2n) is 7.24. The fraction of sp³-hybridized carbons (Fsp3) is 0.524. The molecule has 0 bridgehead atoms. The first-order valence-electron chi connectivity index (χ1n) is 10.0. The molecule has 0 radical (unpaired) electrons. The standard InChI is InChI=1S/C21H28ClN3O3/c1-2-28-20(26)18-17(14-25-12-6-4-3-5-7-13-25)23-21(27)24-19(18)15-8-10-16(22)11-9-15/h8-11,19H,2-7,12-14H2,1H3,(H2,23,24,27)/t19-/m1/s1. The zero-order valence-corrected chi connectivity index (χ0v) is 17.1. The number of nitrogens with one attached hydrogen (secondary N) is 2. The number of esters is 1. The second-order valence-corrected chi connectivity index (χ2v) is 7.68. The molecule has 3 rings (SSSR count). The molecule has 0 unspecified atom stereocenters. The van der Waals surface area contributed by atoms with Crippen LogP contribution in [-0.4, -0.2) is 43.1 Å². The van der Waals surface area contributed by atoms with E-state index in [2.05, 4.69) is 15.5 Å². The summed E-state index contributed by atoms with van der Waals surface area (Å²) >= 11 is 6.00. The molecule has 1 saturated heterocycles. The van der Waals surface area contributed by atoms with Crippen LogP contribution in [-0.2, 0) is 9.53 Å². The topological polar surface area (TPSA) is 70.7 Å². The van der Waals surface area contributed by atoms with Gasteiger partial charge in [0.15, 0.2) is 0 Å². The van der Waals surface area contributed by atoms with Crippen molar-refractivity contribution in [2.75, 3.05) is 26.2 Å². The summed E-state index contributed by atoms with van der Waals surface area (Å²) in [7, 11) is 0. The number of hydrogen-bond donors (Lipinski definition) is 2. The highest BCUT2D eigenvalue weighted by molar-refractivity contribution is 6.30. The Balaban J connectivity index is 1.93. The number of halogens is 1. The van der Waals surface area contributed by atoms with Crippen LogP contribution in [0.15, 0.2) is 35.5 Å². The van der Waals surface area contributed by atoms with Gasteiger partial charge in [0.1, 0.15) is 0 Å². The van der Waals surface area contributed by atoms with Gasteiger partial charge in [0.25, 0.3) is 0 Å². The van der Waals surface area contributed by atoms with Crippen LogP contribution < -0.4 is 10.6 Å². The highest BCUT2D eigenvalue weighted by atomic mass is 35.5. The van der Waals surface area contributed by atoms with Crippen molar-refractivity contribution in [2.24, 2.45) is 0 Å². The van der Waals surface area contributed by atoms with E-state index in [9.17, 15) is 9.59 Å². The molecule has 152 valence electrons. The van der Waals surface area contributed by atoms with Crippen molar-refractivity contribution < 1.29 is 14.3 Å². The molecule has 1 fully saturated rings. The molecule has 2 aliphatic heterocycles. The fourth-order valence-electron chi connectivity index (χ4n) is 3.79. The molecule has 2 heterocycles. The Labute approximate surface area is 171 Å². The Morgan fingerprint density at radius 3 is 2.43 bits per heavy atom. The highest BCUT2D eigenvalue weighted by Crippen LogP contribution is 2.29. The maximum Gasteiger partial charge on any atom is 0.338 e. The van der Waals surface area contributed by atoms with Crippen LogP contribution in [0.5, 0.6) is 0 Å². The fourth-order valence-corrected chi connectivity index (χ4v) is 3.92. The van der Waals surface area contributed by atoms with Gasteiger partial charge in [0, 0.05) is 17.3 Å². The van der Waals surface area contributed by atoms with Crippen LogP contribution in [0.3, 0.4) is 0 Å². The molecule has 0 saturated carbocycles. The van der Waals surface area contributed by atoms with E-state index in [0.717, 1.165) is 31.5 Å². The number of nitrogens with zero attached hydrogens (tertiary/aromatic N) is 1. The molecule has 7 heteroatoms. The summed E-state index contributed by atoms with van der Waals surface area (Å²) in [5, 5.41) is 6.33. The summed E-state index contributed by atoms with van der Waals surface area (Å²) in [5.41, 5.74) is 1.89. The third-order valence-corrected chi connectivity index (χ3v) is 5.43. The lowest BCUT2D eigenvalue weighted by molar-refractivity contribution is -0.139. The number of amides is 2. The Morgan fingerprint density at radius 1 is 1.14 bits per heavy atom. The van der Waals surface area contributed by atoms with Gasteiger partial charge in [0.2, 0.25) is 0 Å². The highest BCUT2D eigenvalue weighted by Gasteiger charge is 2.34. The van der Waals surface area contributed by atoms with Gasteiger partial charge in [0.05, 0.1) is 18.2 Å². The van der Waals surface area contributed by atoms with Crippen molar-refractivity contribution in [2.45, 2.75) is 45.1 Å². The molecule has 0 aliphatic carbocycles. The predicted octanol–water partition coefficient (Wildman–Crippen LogP) is 3.78. The molecule has 0 aromatic heterocycles. The number of urea groups is 1. The van der Waals surface area contributed by atoms with Gasteiger partial charge in [-0.1, -0.05) is 43.0 Å². The molecule has 1 aromatic carbocycles. The first kappa shape index (κ1) is 20.7. The number of benzene rings is 1. The van der Waals surface area contributed by atoms with Crippen molar-refractivity contribution in [1.82, 2.24) is 15.5 Å². The van der Waals surface area contributed by atoms with Crippen molar-refractivity contribution in [3.63, 3.8) is 0 Å². The average Bonchev–Trinajstić information content (AvgIpc) is 2.64.